The van der Waals surface area contributed by atoms with Gasteiger partial charge in [-0.3, -0.25) is 14.3 Å². The molecule has 0 aliphatic heterocycles. The fraction of sp³-hybridized carbons (Fsp3) is 0.429. The van der Waals surface area contributed by atoms with Crippen molar-refractivity contribution in [3.63, 3.8) is 0 Å². The highest BCUT2D eigenvalue weighted by atomic mass is 32.2. The van der Waals surface area contributed by atoms with E-state index in [-0.39, 0.29) is 22.9 Å². The van der Waals surface area contributed by atoms with E-state index in [1.807, 2.05) is 30.3 Å². The van der Waals surface area contributed by atoms with E-state index < -0.39 is 0 Å². The molecular weight excluding hydrogens is 414 g/mol. The predicted molar refractivity (Wildman–Crippen MR) is 121 cm³/mol. The second kappa shape index (κ2) is 9.01. The van der Waals surface area contributed by atoms with E-state index in [1.165, 1.54) is 40.4 Å². The lowest BCUT2D eigenvalue weighted by Gasteiger charge is -2.20. The molecule has 10 heteroatoms. The molecule has 2 aromatic heterocycles. The fourth-order valence-electron chi connectivity index (χ4n) is 4.04. The van der Waals surface area contributed by atoms with Gasteiger partial charge in [0, 0.05) is 13.0 Å². The maximum atomic E-state index is 12.9. The number of benzene rings is 1. The summed E-state index contributed by atoms with van der Waals surface area (Å²) in [6.45, 7) is 1.80. The van der Waals surface area contributed by atoms with Crippen molar-refractivity contribution in [1.29, 1.82) is 0 Å². The van der Waals surface area contributed by atoms with Gasteiger partial charge in [-0.1, -0.05) is 49.2 Å². The van der Waals surface area contributed by atoms with E-state index in [0.717, 1.165) is 24.4 Å². The number of amides is 1. The van der Waals surface area contributed by atoms with Gasteiger partial charge in [0.05, 0.1) is 17.1 Å². The molecule has 0 atom stereocenters. The first kappa shape index (κ1) is 21.2. The van der Waals surface area contributed by atoms with Crippen LogP contribution in [0.5, 0.6) is 0 Å². The van der Waals surface area contributed by atoms with E-state index >= 15 is 0 Å². The molecule has 0 saturated heterocycles. The van der Waals surface area contributed by atoms with E-state index in [4.69, 9.17) is 5.84 Å². The zero-order valence-electron chi connectivity index (χ0n) is 17.7. The number of para-hydroxylation sites is 1. The minimum Gasteiger partial charge on any atom is -0.336 e. The average Bonchev–Trinajstić information content (AvgIpc) is 3.25. The van der Waals surface area contributed by atoms with Crippen LogP contribution in [0.3, 0.4) is 0 Å². The molecule has 0 unspecified atom stereocenters. The SMILES string of the molecule is Cc1c(NC(=O)CSc2nnc(C3CCCCC3)n2N)c(=O)n(-c2ccccc2)n1C. The minimum absolute atomic E-state index is 0.0825. The van der Waals surface area contributed by atoms with E-state index in [1.54, 1.807) is 18.7 Å². The monoisotopic (exact) mass is 441 g/mol. The number of carbonyl (C=O) groups excluding carboxylic acids is 1. The minimum atomic E-state index is -0.293. The number of hydrogen-bond acceptors (Lipinski definition) is 6. The standard InChI is InChI=1S/C21H27N7O2S/c1-14-18(20(30)28(26(14)2)16-11-7-4-8-12-16)23-17(29)13-31-21-25-24-19(27(21)22)15-9-5-3-6-10-15/h4,7-8,11-12,15H,3,5-6,9-10,13,22H2,1-2H3,(H,23,29). The molecule has 3 aromatic rings. The lowest BCUT2D eigenvalue weighted by atomic mass is 9.89. The Morgan fingerprint density at radius 1 is 1.19 bits per heavy atom. The Kier molecular flexibility index (Phi) is 6.17. The number of rotatable bonds is 6. The molecule has 31 heavy (non-hydrogen) atoms. The van der Waals surface area contributed by atoms with Crippen molar-refractivity contribution in [3.8, 4) is 5.69 Å². The van der Waals surface area contributed by atoms with Gasteiger partial charge in [-0.05, 0) is 31.9 Å². The summed E-state index contributed by atoms with van der Waals surface area (Å²) in [4.78, 5) is 25.5. The Labute approximate surface area is 184 Å². The Bertz CT molecular complexity index is 1130. The first-order valence-corrected chi connectivity index (χ1v) is 11.4. The second-order valence-corrected chi connectivity index (χ2v) is 8.76. The number of carbonyl (C=O) groups is 1. The Balaban J connectivity index is 1.44. The van der Waals surface area contributed by atoms with Gasteiger partial charge >= 0.3 is 0 Å². The van der Waals surface area contributed by atoms with Crippen LogP contribution in [0.4, 0.5) is 5.69 Å². The number of hydrogen-bond donors (Lipinski definition) is 2. The highest BCUT2D eigenvalue weighted by molar-refractivity contribution is 7.99. The maximum Gasteiger partial charge on any atom is 0.295 e. The van der Waals surface area contributed by atoms with Gasteiger partial charge in [-0.2, -0.15) is 0 Å². The molecule has 2 heterocycles. The van der Waals surface area contributed by atoms with Gasteiger partial charge in [-0.15, -0.1) is 10.2 Å². The number of aromatic nitrogens is 5. The Hall–Kier alpha value is -3.01. The van der Waals surface area contributed by atoms with Crippen LogP contribution in [0, 0.1) is 6.92 Å². The van der Waals surface area contributed by atoms with Crippen molar-refractivity contribution in [1.82, 2.24) is 24.2 Å². The summed E-state index contributed by atoms with van der Waals surface area (Å²) in [6.07, 6.45) is 5.75. The predicted octanol–water partition coefficient (Wildman–Crippen LogP) is 2.57. The van der Waals surface area contributed by atoms with Crippen molar-refractivity contribution in [2.24, 2.45) is 7.05 Å². The highest BCUT2D eigenvalue weighted by Gasteiger charge is 2.23. The third kappa shape index (κ3) is 4.25. The summed E-state index contributed by atoms with van der Waals surface area (Å²) >= 11 is 1.21. The van der Waals surface area contributed by atoms with Gasteiger partial charge in [0.2, 0.25) is 11.1 Å². The molecular formula is C21H27N7O2S. The number of nitrogens with one attached hydrogen (secondary N) is 1. The zero-order valence-corrected chi connectivity index (χ0v) is 18.6. The van der Waals surface area contributed by atoms with Crippen LogP contribution in [-0.2, 0) is 11.8 Å². The van der Waals surface area contributed by atoms with Crippen molar-refractivity contribution < 1.29 is 4.79 Å². The molecule has 1 saturated carbocycles. The van der Waals surface area contributed by atoms with Crippen LogP contribution >= 0.6 is 11.8 Å². The van der Waals surface area contributed by atoms with Crippen molar-refractivity contribution in [2.45, 2.75) is 50.1 Å². The van der Waals surface area contributed by atoms with Crippen LogP contribution in [-0.4, -0.2) is 35.9 Å². The van der Waals surface area contributed by atoms with Gasteiger partial charge < -0.3 is 11.2 Å². The van der Waals surface area contributed by atoms with Crippen molar-refractivity contribution >= 4 is 23.4 Å². The van der Waals surface area contributed by atoms with Gasteiger partial charge in [0.1, 0.15) is 5.69 Å². The molecule has 1 fully saturated rings. The number of nitrogens with zero attached hydrogens (tertiary/aromatic N) is 5. The quantitative estimate of drug-likeness (QED) is 0.449. The molecule has 4 rings (SSSR count). The lowest BCUT2D eigenvalue weighted by molar-refractivity contribution is -0.113. The number of thioether (sulfide) groups is 1. The fourth-order valence-corrected chi connectivity index (χ4v) is 4.71. The maximum absolute atomic E-state index is 12.9. The second-order valence-electron chi connectivity index (χ2n) is 7.82. The van der Waals surface area contributed by atoms with Crippen LogP contribution in [0.15, 0.2) is 40.3 Å². The molecule has 1 aliphatic carbocycles. The topological polar surface area (TPSA) is 113 Å². The third-order valence-electron chi connectivity index (χ3n) is 5.81. The summed E-state index contributed by atoms with van der Waals surface area (Å²) in [6, 6.07) is 9.31. The van der Waals surface area contributed by atoms with Crippen LogP contribution in [0.2, 0.25) is 0 Å². The summed E-state index contributed by atoms with van der Waals surface area (Å²) < 4.78 is 4.77. The van der Waals surface area contributed by atoms with Crippen LogP contribution < -0.4 is 16.7 Å². The van der Waals surface area contributed by atoms with Crippen molar-refractivity contribution in [3.05, 3.63) is 52.2 Å². The summed E-state index contributed by atoms with van der Waals surface area (Å²) in [5.41, 5.74) is 1.41. The third-order valence-corrected chi connectivity index (χ3v) is 6.76. The lowest BCUT2D eigenvalue weighted by Crippen LogP contribution is -2.24. The van der Waals surface area contributed by atoms with E-state index in [9.17, 15) is 9.59 Å². The van der Waals surface area contributed by atoms with Crippen LogP contribution in [0.1, 0.15) is 49.5 Å². The van der Waals surface area contributed by atoms with E-state index in [2.05, 4.69) is 15.5 Å². The first-order valence-electron chi connectivity index (χ1n) is 10.4. The highest BCUT2D eigenvalue weighted by Crippen LogP contribution is 2.32. The molecule has 1 aliphatic rings. The number of nitrogen functional groups attached to an aromatic ring is 1. The molecule has 9 nitrogen and oxygen atoms in total. The Morgan fingerprint density at radius 2 is 1.90 bits per heavy atom. The number of anilines is 1. The largest absolute Gasteiger partial charge is 0.336 e. The smallest absolute Gasteiger partial charge is 0.295 e. The number of nitrogens with two attached hydrogens (primary N) is 1. The zero-order chi connectivity index (χ0) is 22.0. The molecule has 164 valence electrons. The average molecular weight is 442 g/mol. The molecule has 3 N–H and O–H groups in total. The van der Waals surface area contributed by atoms with Gasteiger partial charge in [-0.25, -0.2) is 9.36 Å². The first-order chi connectivity index (χ1) is 15.0. The Morgan fingerprint density at radius 3 is 2.61 bits per heavy atom. The van der Waals surface area contributed by atoms with Crippen LogP contribution in [0.25, 0.3) is 5.69 Å². The van der Waals surface area contributed by atoms with Gasteiger partial charge in [0.25, 0.3) is 5.56 Å². The van der Waals surface area contributed by atoms with Gasteiger partial charge in [0.15, 0.2) is 5.82 Å². The summed E-state index contributed by atoms with van der Waals surface area (Å²) in [5.74, 6) is 7.10. The molecule has 0 bridgehead atoms. The molecule has 0 spiro atoms. The summed E-state index contributed by atoms with van der Waals surface area (Å²) in [7, 11) is 1.79. The van der Waals surface area contributed by atoms with E-state index in [0.29, 0.717) is 16.8 Å². The molecule has 0 radical (unpaired) electrons. The summed E-state index contributed by atoms with van der Waals surface area (Å²) in [5, 5.41) is 11.7. The molecule has 1 aromatic carbocycles. The molecule has 1 amide bonds. The van der Waals surface area contributed by atoms with Crippen molar-refractivity contribution in [2.75, 3.05) is 16.9 Å². The normalized spacial score (nSPS) is 14.6.